The Kier molecular flexibility index (Phi) is 4.49. The van der Waals surface area contributed by atoms with Gasteiger partial charge in [0.05, 0.1) is 6.04 Å². The van der Waals surface area contributed by atoms with Gasteiger partial charge in [0.15, 0.2) is 5.60 Å². The average molecular weight is 378 g/mol. The lowest BCUT2D eigenvalue weighted by atomic mass is 9.78. The van der Waals surface area contributed by atoms with E-state index in [1.165, 1.54) is 0 Å². The molecule has 3 aromatic rings. The van der Waals surface area contributed by atoms with Gasteiger partial charge in [0.25, 0.3) is 0 Å². The third-order valence-electron chi connectivity index (χ3n) is 4.96. The van der Waals surface area contributed by atoms with Crippen molar-refractivity contribution in [1.82, 2.24) is 5.32 Å². The smallest absolute Gasteiger partial charge is 0.178 e. The average Bonchev–Trinajstić information content (AvgIpc) is 2.98. The lowest BCUT2D eigenvalue weighted by molar-refractivity contribution is 0.0850. The molecule has 1 aliphatic heterocycles. The fraction of sp³-hybridized carbons (Fsp3) is 0.250. The van der Waals surface area contributed by atoms with E-state index in [1.54, 1.807) is 0 Å². The number of hydrogen-bond acceptors (Lipinski definition) is 2. The summed E-state index contributed by atoms with van der Waals surface area (Å²) >= 11 is 6.68. The maximum atomic E-state index is 6.76. The van der Waals surface area contributed by atoms with Crippen LogP contribution in [0.25, 0.3) is 0 Å². The van der Waals surface area contributed by atoms with Gasteiger partial charge in [0, 0.05) is 27.3 Å². The van der Waals surface area contributed by atoms with E-state index in [1.807, 2.05) is 30.3 Å². The molecule has 0 fully saturated rings. The Hall–Kier alpha value is -2.29. The molecule has 0 spiro atoms. The van der Waals surface area contributed by atoms with Crippen LogP contribution in [0.1, 0.15) is 43.5 Å². The van der Waals surface area contributed by atoms with Gasteiger partial charge in [-0.05, 0) is 32.9 Å². The third-order valence-corrected chi connectivity index (χ3v) is 5.29. The molecule has 0 radical (unpaired) electrons. The summed E-state index contributed by atoms with van der Waals surface area (Å²) in [5, 5.41) is 4.52. The highest BCUT2D eigenvalue weighted by Crippen LogP contribution is 2.55. The Balaban J connectivity index is 2.01. The standard InChI is InChI=1S/C24H24ClNO/c1-23(2,3)26-22-21-19(25)15-10-16-20(21)27-24(22,17-11-6-4-7-12-17)18-13-8-5-9-14-18/h4-16,22,26H,1-3H3/t22-/m1/s1. The third kappa shape index (κ3) is 3.13. The molecular formula is C24H24ClNO. The molecule has 27 heavy (non-hydrogen) atoms. The number of halogens is 1. The first-order valence-electron chi connectivity index (χ1n) is 9.28. The lowest BCUT2D eigenvalue weighted by Crippen LogP contribution is -2.49. The van der Waals surface area contributed by atoms with Crippen molar-refractivity contribution in [3.8, 4) is 5.75 Å². The maximum absolute atomic E-state index is 6.76. The number of ether oxygens (including phenoxy) is 1. The molecule has 2 nitrogen and oxygen atoms in total. The largest absolute Gasteiger partial charge is 0.475 e. The molecule has 0 bridgehead atoms. The second kappa shape index (κ2) is 6.70. The fourth-order valence-corrected chi connectivity index (χ4v) is 4.19. The van der Waals surface area contributed by atoms with E-state index in [9.17, 15) is 0 Å². The summed E-state index contributed by atoms with van der Waals surface area (Å²) in [7, 11) is 0. The minimum atomic E-state index is -0.691. The van der Waals surface area contributed by atoms with E-state index in [4.69, 9.17) is 16.3 Å². The fourth-order valence-electron chi connectivity index (χ4n) is 3.92. The van der Waals surface area contributed by atoms with Crippen molar-refractivity contribution in [3.63, 3.8) is 0 Å². The number of rotatable bonds is 3. The SMILES string of the molecule is CC(C)(C)N[C@@H]1c2c(Cl)cccc2OC1(c1ccccc1)c1ccccc1. The molecular weight excluding hydrogens is 354 g/mol. The normalized spacial score (nSPS) is 18.0. The van der Waals surface area contributed by atoms with Crippen LogP contribution in [0, 0.1) is 0 Å². The molecule has 0 unspecified atom stereocenters. The van der Waals surface area contributed by atoms with Crippen molar-refractivity contribution in [2.45, 2.75) is 38.0 Å². The molecule has 1 aliphatic rings. The summed E-state index contributed by atoms with van der Waals surface area (Å²) < 4.78 is 6.76. The minimum Gasteiger partial charge on any atom is -0.475 e. The molecule has 138 valence electrons. The van der Waals surface area contributed by atoms with Crippen LogP contribution < -0.4 is 10.1 Å². The van der Waals surface area contributed by atoms with Crippen LogP contribution in [0.15, 0.2) is 78.9 Å². The molecule has 0 saturated heterocycles. The highest BCUT2D eigenvalue weighted by atomic mass is 35.5. The summed E-state index contributed by atoms with van der Waals surface area (Å²) in [5.41, 5.74) is 2.41. The monoisotopic (exact) mass is 377 g/mol. The van der Waals surface area contributed by atoms with Gasteiger partial charge in [-0.15, -0.1) is 0 Å². The molecule has 0 saturated carbocycles. The number of nitrogens with one attached hydrogen (secondary N) is 1. The van der Waals surface area contributed by atoms with Crippen molar-refractivity contribution in [3.05, 3.63) is 101 Å². The van der Waals surface area contributed by atoms with Crippen LogP contribution in [0.5, 0.6) is 5.75 Å². The van der Waals surface area contributed by atoms with Crippen molar-refractivity contribution in [2.75, 3.05) is 0 Å². The zero-order valence-corrected chi connectivity index (χ0v) is 16.6. The maximum Gasteiger partial charge on any atom is 0.178 e. The first-order valence-corrected chi connectivity index (χ1v) is 9.66. The number of hydrogen-bond donors (Lipinski definition) is 1. The van der Waals surface area contributed by atoms with Crippen LogP contribution in [0.3, 0.4) is 0 Å². The van der Waals surface area contributed by atoms with Crippen molar-refractivity contribution in [2.24, 2.45) is 0 Å². The van der Waals surface area contributed by atoms with Gasteiger partial charge in [0.2, 0.25) is 0 Å². The summed E-state index contributed by atoms with van der Waals surface area (Å²) in [5.74, 6) is 0.831. The van der Waals surface area contributed by atoms with Crippen LogP contribution in [0.2, 0.25) is 5.02 Å². The van der Waals surface area contributed by atoms with Crippen LogP contribution >= 0.6 is 11.6 Å². The molecule has 0 aliphatic carbocycles. The summed E-state index contributed by atoms with van der Waals surface area (Å²) in [4.78, 5) is 0. The van der Waals surface area contributed by atoms with E-state index in [0.717, 1.165) is 27.5 Å². The molecule has 1 N–H and O–H groups in total. The van der Waals surface area contributed by atoms with Gasteiger partial charge >= 0.3 is 0 Å². The second-order valence-electron chi connectivity index (χ2n) is 8.05. The van der Waals surface area contributed by atoms with Crippen LogP contribution in [-0.2, 0) is 5.60 Å². The van der Waals surface area contributed by atoms with Crippen molar-refractivity contribution < 1.29 is 4.74 Å². The van der Waals surface area contributed by atoms with Gasteiger partial charge < -0.3 is 10.1 Å². The van der Waals surface area contributed by atoms with Crippen molar-refractivity contribution in [1.29, 1.82) is 0 Å². The number of fused-ring (bicyclic) bond motifs is 1. The lowest BCUT2D eigenvalue weighted by Gasteiger charge is -2.39. The summed E-state index contributed by atoms with van der Waals surface area (Å²) in [6.07, 6.45) is 0. The molecule has 0 aromatic heterocycles. The Labute approximate surface area is 166 Å². The predicted molar refractivity (Wildman–Crippen MR) is 111 cm³/mol. The molecule has 0 amide bonds. The Morgan fingerprint density at radius 3 is 1.89 bits per heavy atom. The molecule has 4 rings (SSSR count). The molecule has 1 atom stereocenters. The minimum absolute atomic E-state index is 0.119. The van der Waals surface area contributed by atoms with Gasteiger partial charge in [-0.1, -0.05) is 78.3 Å². The molecule has 1 heterocycles. The quantitative estimate of drug-likeness (QED) is 0.595. The van der Waals surface area contributed by atoms with Gasteiger partial charge in [-0.25, -0.2) is 0 Å². The van der Waals surface area contributed by atoms with E-state index in [2.05, 4.69) is 74.6 Å². The highest BCUT2D eigenvalue weighted by molar-refractivity contribution is 6.31. The Bertz CT molecular complexity index is 892. The Morgan fingerprint density at radius 2 is 1.37 bits per heavy atom. The summed E-state index contributed by atoms with van der Waals surface area (Å²) in [6.45, 7) is 6.51. The first kappa shape index (κ1) is 18.1. The first-order chi connectivity index (χ1) is 12.9. The molecule has 3 heteroatoms. The molecule has 3 aromatic carbocycles. The van der Waals surface area contributed by atoms with Gasteiger partial charge in [-0.3, -0.25) is 0 Å². The predicted octanol–water partition coefficient (Wildman–Crippen LogP) is 6.11. The van der Waals surface area contributed by atoms with Gasteiger partial charge in [0.1, 0.15) is 5.75 Å². The second-order valence-corrected chi connectivity index (χ2v) is 8.46. The van der Waals surface area contributed by atoms with Gasteiger partial charge in [-0.2, -0.15) is 0 Å². The van der Waals surface area contributed by atoms with Crippen molar-refractivity contribution >= 4 is 11.6 Å². The van der Waals surface area contributed by atoms with E-state index < -0.39 is 5.60 Å². The highest BCUT2D eigenvalue weighted by Gasteiger charge is 2.53. The Morgan fingerprint density at radius 1 is 0.815 bits per heavy atom. The number of benzene rings is 3. The van der Waals surface area contributed by atoms with E-state index >= 15 is 0 Å². The zero-order chi connectivity index (χ0) is 19.1. The van der Waals surface area contributed by atoms with Crippen LogP contribution in [-0.4, -0.2) is 5.54 Å². The van der Waals surface area contributed by atoms with E-state index in [0.29, 0.717) is 0 Å². The van der Waals surface area contributed by atoms with E-state index in [-0.39, 0.29) is 11.6 Å². The van der Waals surface area contributed by atoms with Crippen LogP contribution in [0.4, 0.5) is 0 Å². The topological polar surface area (TPSA) is 21.3 Å². The summed E-state index contributed by atoms with van der Waals surface area (Å²) in [6, 6.07) is 26.6. The zero-order valence-electron chi connectivity index (χ0n) is 15.9.